The molecule has 1 aromatic carbocycles. The van der Waals surface area contributed by atoms with Crippen molar-refractivity contribution in [2.75, 3.05) is 45.2 Å². The molecule has 2 aliphatic heterocycles. The summed E-state index contributed by atoms with van der Waals surface area (Å²) in [6, 6.07) is 7.67. The van der Waals surface area contributed by atoms with E-state index in [2.05, 4.69) is 32.4 Å². The van der Waals surface area contributed by atoms with E-state index >= 15 is 0 Å². The van der Waals surface area contributed by atoms with E-state index < -0.39 is 5.97 Å². The van der Waals surface area contributed by atoms with Crippen LogP contribution in [0.5, 0.6) is 5.75 Å². The maximum absolute atomic E-state index is 13.1. The van der Waals surface area contributed by atoms with E-state index in [1.54, 1.807) is 24.3 Å². The van der Waals surface area contributed by atoms with E-state index in [9.17, 15) is 9.59 Å². The molecule has 0 saturated carbocycles. The number of anilines is 1. The van der Waals surface area contributed by atoms with Crippen LogP contribution in [0.2, 0.25) is 0 Å². The molecule has 3 aliphatic rings. The highest BCUT2D eigenvalue weighted by molar-refractivity contribution is 5.91. The van der Waals surface area contributed by atoms with E-state index in [4.69, 9.17) is 4.74 Å². The number of piperazine rings is 1. The van der Waals surface area contributed by atoms with E-state index in [0.717, 1.165) is 44.6 Å². The van der Waals surface area contributed by atoms with Gasteiger partial charge in [0.2, 0.25) is 0 Å². The first-order chi connectivity index (χ1) is 15.2. The number of ether oxygens (including phenoxy) is 2. The van der Waals surface area contributed by atoms with Crippen LogP contribution >= 0.6 is 0 Å². The van der Waals surface area contributed by atoms with Crippen LogP contribution in [0, 0.1) is 0 Å². The molecule has 0 spiro atoms. The Kier molecular flexibility index (Phi) is 6.89. The summed E-state index contributed by atoms with van der Waals surface area (Å²) in [5, 5.41) is 6.43. The van der Waals surface area contributed by atoms with Gasteiger partial charge in [0.05, 0.1) is 13.2 Å². The molecule has 2 saturated heterocycles. The number of carbonyl (C=O) groups excluding carboxylic acids is 2. The molecular formula is C23H30N4O4. The summed E-state index contributed by atoms with van der Waals surface area (Å²) in [4.78, 5) is 28.7. The largest absolute Gasteiger partial charge is 0.482 e. The van der Waals surface area contributed by atoms with Crippen molar-refractivity contribution in [1.82, 2.24) is 15.1 Å². The Morgan fingerprint density at radius 3 is 2.68 bits per heavy atom. The SMILES string of the molecule is COC(=O)COc1ccc(NC(=O)N2CCN(C3CCNCC3)C3CC=CC=C32)cc1. The van der Waals surface area contributed by atoms with Gasteiger partial charge < -0.3 is 20.1 Å². The summed E-state index contributed by atoms with van der Waals surface area (Å²) >= 11 is 0. The zero-order chi connectivity index (χ0) is 21.6. The summed E-state index contributed by atoms with van der Waals surface area (Å²) in [5.74, 6) is 0.101. The number of urea groups is 1. The van der Waals surface area contributed by atoms with Gasteiger partial charge in [-0.15, -0.1) is 0 Å². The van der Waals surface area contributed by atoms with Crippen LogP contribution in [0.1, 0.15) is 19.3 Å². The molecule has 0 bridgehead atoms. The van der Waals surface area contributed by atoms with Crippen LogP contribution in [0.4, 0.5) is 10.5 Å². The summed E-state index contributed by atoms with van der Waals surface area (Å²) in [5.41, 5.74) is 1.75. The number of hydrogen-bond acceptors (Lipinski definition) is 6. The second-order valence-electron chi connectivity index (χ2n) is 7.96. The zero-order valence-corrected chi connectivity index (χ0v) is 17.9. The Bertz CT molecular complexity index is 846. The molecule has 2 amide bonds. The van der Waals surface area contributed by atoms with E-state index in [1.165, 1.54) is 7.11 Å². The molecule has 8 heteroatoms. The fourth-order valence-electron chi connectivity index (χ4n) is 4.50. The minimum Gasteiger partial charge on any atom is -0.482 e. The van der Waals surface area contributed by atoms with Gasteiger partial charge in [0.15, 0.2) is 6.61 Å². The first-order valence-electron chi connectivity index (χ1n) is 10.9. The first-order valence-corrected chi connectivity index (χ1v) is 10.9. The Hall–Kier alpha value is -2.84. The van der Waals surface area contributed by atoms with Gasteiger partial charge in [-0.3, -0.25) is 9.80 Å². The Morgan fingerprint density at radius 2 is 1.94 bits per heavy atom. The summed E-state index contributed by atoms with van der Waals surface area (Å²) in [6.45, 7) is 3.53. The van der Waals surface area contributed by atoms with Gasteiger partial charge in [-0.1, -0.05) is 12.2 Å². The summed E-state index contributed by atoms with van der Waals surface area (Å²) in [6.07, 6.45) is 9.56. The number of allylic oxidation sites excluding steroid dienone is 2. The lowest BCUT2D eigenvalue weighted by Gasteiger charge is -2.48. The topological polar surface area (TPSA) is 83.1 Å². The lowest BCUT2D eigenvalue weighted by Crippen LogP contribution is -2.58. The van der Waals surface area contributed by atoms with Crippen LogP contribution in [-0.2, 0) is 9.53 Å². The van der Waals surface area contributed by atoms with Crippen LogP contribution in [0.3, 0.4) is 0 Å². The molecule has 31 heavy (non-hydrogen) atoms. The number of nitrogens with zero attached hydrogens (tertiary/aromatic N) is 2. The normalized spacial score (nSPS) is 21.8. The fourth-order valence-corrected chi connectivity index (χ4v) is 4.50. The smallest absolute Gasteiger partial charge is 0.343 e. The molecule has 1 aliphatic carbocycles. The molecule has 4 rings (SSSR count). The molecule has 1 atom stereocenters. The van der Waals surface area contributed by atoms with Gasteiger partial charge in [0.1, 0.15) is 5.75 Å². The van der Waals surface area contributed by atoms with Crippen molar-refractivity contribution in [3.8, 4) is 5.75 Å². The fraction of sp³-hybridized carbons (Fsp3) is 0.478. The lowest BCUT2D eigenvalue weighted by atomic mass is 9.94. The van der Waals surface area contributed by atoms with Crippen molar-refractivity contribution in [2.24, 2.45) is 0 Å². The number of nitrogens with one attached hydrogen (secondary N) is 2. The number of fused-ring (bicyclic) bond motifs is 1. The van der Waals surface area contributed by atoms with E-state index in [0.29, 0.717) is 24.0 Å². The molecule has 1 aromatic rings. The number of piperidine rings is 1. The minimum absolute atomic E-state index is 0.125. The predicted octanol–water partition coefficient (Wildman–Crippen LogP) is 2.35. The second kappa shape index (κ2) is 9.98. The van der Waals surface area contributed by atoms with Crippen molar-refractivity contribution >= 4 is 17.7 Å². The average molecular weight is 427 g/mol. The number of carbonyl (C=O) groups is 2. The average Bonchev–Trinajstić information content (AvgIpc) is 2.83. The van der Waals surface area contributed by atoms with Crippen molar-refractivity contribution in [2.45, 2.75) is 31.3 Å². The molecule has 8 nitrogen and oxygen atoms in total. The molecule has 1 unspecified atom stereocenters. The number of methoxy groups -OCH3 is 1. The standard InChI is InChI=1S/C23H30N4O4/c1-30-22(28)16-31-19-8-6-17(7-9-19)25-23(29)27-15-14-26(18-10-12-24-13-11-18)20-4-2-3-5-21(20)27/h2-3,5-9,18,20,24H,4,10-16H2,1H3,(H,25,29). The van der Waals surface area contributed by atoms with Gasteiger partial charge >= 0.3 is 12.0 Å². The first kappa shape index (κ1) is 21.4. The highest BCUT2D eigenvalue weighted by Crippen LogP contribution is 2.31. The number of rotatable bonds is 5. The highest BCUT2D eigenvalue weighted by atomic mass is 16.6. The molecule has 2 fully saturated rings. The third kappa shape index (κ3) is 5.08. The predicted molar refractivity (Wildman–Crippen MR) is 118 cm³/mol. The monoisotopic (exact) mass is 426 g/mol. The third-order valence-electron chi connectivity index (χ3n) is 6.11. The van der Waals surface area contributed by atoms with Gasteiger partial charge in [-0.05, 0) is 62.7 Å². The Balaban J connectivity index is 1.39. The quantitative estimate of drug-likeness (QED) is 0.704. The Morgan fingerprint density at radius 1 is 1.16 bits per heavy atom. The summed E-state index contributed by atoms with van der Waals surface area (Å²) in [7, 11) is 1.32. The molecule has 0 radical (unpaired) electrons. The van der Waals surface area contributed by atoms with Gasteiger partial charge in [0.25, 0.3) is 0 Å². The zero-order valence-electron chi connectivity index (χ0n) is 17.9. The van der Waals surface area contributed by atoms with Gasteiger partial charge in [-0.2, -0.15) is 0 Å². The van der Waals surface area contributed by atoms with Gasteiger partial charge in [0, 0.05) is 30.5 Å². The van der Waals surface area contributed by atoms with Crippen LogP contribution in [0.15, 0.2) is 48.2 Å². The molecular weight excluding hydrogens is 396 g/mol. The molecule has 166 valence electrons. The van der Waals surface area contributed by atoms with Crippen molar-refractivity contribution in [1.29, 1.82) is 0 Å². The molecule has 2 heterocycles. The lowest BCUT2D eigenvalue weighted by molar-refractivity contribution is -0.142. The number of benzene rings is 1. The van der Waals surface area contributed by atoms with E-state index in [1.807, 2.05) is 11.0 Å². The maximum Gasteiger partial charge on any atom is 0.343 e. The van der Waals surface area contributed by atoms with Crippen LogP contribution < -0.4 is 15.4 Å². The summed E-state index contributed by atoms with van der Waals surface area (Å²) < 4.78 is 9.91. The van der Waals surface area contributed by atoms with Crippen molar-refractivity contribution in [3.05, 3.63) is 48.2 Å². The molecule has 0 aromatic heterocycles. The highest BCUT2D eigenvalue weighted by Gasteiger charge is 2.38. The Labute approximate surface area is 182 Å². The minimum atomic E-state index is -0.439. The van der Waals surface area contributed by atoms with Crippen molar-refractivity contribution in [3.63, 3.8) is 0 Å². The number of esters is 1. The maximum atomic E-state index is 13.1. The second-order valence-corrected chi connectivity index (χ2v) is 7.96. The molecule has 2 N–H and O–H groups in total. The van der Waals surface area contributed by atoms with E-state index in [-0.39, 0.29) is 18.7 Å². The number of amides is 2. The number of hydrogen-bond donors (Lipinski definition) is 2. The van der Waals surface area contributed by atoms with Crippen LogP contribution in [0.25, 0.3) is 0 Å². The van der Waals surface area contributed by atoms with Gasteiger partial charge in [-0.25, -0.2) is 9.59 Å². The van der Waals surface area contributed by atoms with Crippen molar-refractivity contribution < 1.29 is 19.1 Å². The third-order valence-corrected chi connectivity index (χ3v) is 6.11. The van der Waals surface area contributed by atoms with Crippen LogP contribution in [-0.4, -0.2) is 73.8 Å².